The van der Waals surface area contributed by atoms with Crippen LogP contribution in [0.2, 0.25) is 0 Å². The molecule has 1 amide bonds. The van der Waals surface area contributed by atoms with Crippen LogP contribution >= 0.6 is 0 Å². The van der Waals surface area contributed by atoms with Crippen molar-refractivity contribution in [2.45, 2.75) is 51.5 Å². The Hall–Kier alpha value is -2.06. The Kier molecular flexibility index (Phi) is 7.11. The van der Waals surface area contributed by atoms with E-state index in [0.717, 1.165) is 38.3 Å². The maximum atomic E-state index is 12.1. The molecular formula is C22H31N3O2. The van der Waals surface area contributed by atoms with Crippen LogP contribution in [0, 0.1) is 17.2 Å². The van der Waals surface area contributed by atoms with Gasteiger partial charge in [-0.1, -0.05) is 18.9 Å². The molecule has 2 aliphatic heterocycles. The summed E-state index contributed by atoms with van der Waals surface area (Å²) in [6, 6.07) is 9.91. The average molecular weight is 370 g/mol. The van der Waals surface area contributed by atoms with E-state index >= 15 is 0 Å². The van der Waals surface area contributed by atoms with E-state index in [1.807, 2.05) is 12.1 Å². The van der Waals surface area contributed by atoms with E-state index in [-0.39, 0.29) is 5.91 Å². The first-order valence-corrected chi connectivity index (χ1v) is 10.3. The third kappa shape index (κ3) is 5.46. The van der Waals surface area contributed by atoms with Crippen molar-refractivity contribution in [1.82, 2.24) is 9.80 Å². The second-order valence-corrected chi connectivity index (χ2v) is 7.80. The number of benzene rings is 1. The van der Waals surface area contributed by atoms with E-state index in [0.29, 0.717) is 24.1 Å². The number of piperidine rings is 1. The molecule has 1 aromatic carbocycles. The minimum Gasteiger partial charge on any atom is -0.492 e. The monoisotopic (exact) mass is 369 g/mol. The van der Waals surface area contributed by atoms with Crippen LogP contribution in [0.3, 0.4) is 0 Å². The zero-order valence-electron chi connectivity index (χ0n) is 16.4. The minimum atomic E-state index is 0.248. The predicted molar refractivity (Wildman–Crippen MR) is 105 cm³/mol. The summed E-state index contributed by atoms with van der Waals surface area (Å²) in [5, 5.41) is 8.96. The summed E-state index contributed by atoms with van der Waals surface area (Å²) in [5.74, 6) is 1.65. The first-order valence-electron chi connectivity index (χ1n) is 10.3. The molecule has 2 fully saturated rings. The molecule has 2 aliphatic rings. The van der Waals surface area contributed by atoms with Crippen molar-refractivity contribution in [2.24, 2.45) is 5.92 Å². The van der Waals surface area contributed by atoms with Gasteiger partial charge in [-0.25, -0.2) is 0 Å². The van der Waals surface area contributed by atoms with Crippen molar-refractivity contribution < 1.29 is 9.53 Å². The number of likely N-dealkylation sites (tertiary alicyclic amines) is 2. The van der Waals surface area contributed by atoms with Gasteiger partial charge in [0.1, 0.15) is 12.4 Å². The number of amides is 1. The quantitative estimate of drug-likeness (QED) is 0.798. The largest absolute Gasteiger partial charge is 0.492 e. The topological polar surface area (TPSA) is 56.6 Å². The third-order valence-corrected chi connectivity index (χ3v) is 6.02. The lowest BCUT2D eigenvalue weighted by atomic mass is 9.86. The van der Waals surface area contributed by atoms with Gasteiger partial charge in [0.15, 0.2) is 0 Å². The van der Waals surface area contributed by atoms with Gasteiger partial charge in [-0.05, 0) is 62.9 Å². The van der Waals surface area contributed by atoms with E-state index in [9.17, 15) is 4.79 Å². The highest BCUT2D eigenvalue weighted by molar-refractivity contribution is 5.73. The molecule has 27 heavy (non-hydrogen) atoms. The summed E-state index contributed by atoms with van der Waals surface area (Å²) in [5.41, 5.74) is 0.631. The van der Waals surface area contributed by atoms with Gasteiger partial charge in [0.2, 0.25) is 5.91 Å². The van der Waals surface area contributed by atoms with Crippen molar-refractivity contribution in [3.63, 3.8) is 0 Å². The SMILES string of the molecule is CC(=O)N1CCCCC[C@@H]1C1CCN(CCOc2cccc(C#N)c2)CC1. The van der Waals surface area contributed by atoms with Crippen LogP contribution in [0.25, 0.3) is 0 Å². The number of ether oxygens (including phenoxy) is 1. The fourth-order valence-electron chi connectivity index (χ4n) is 4.52. The van der Waals surface area contributed by atoms with E-state index < -0.39 is 0 Å². The normalized spacial score (nSPS) is 22.1. The molecule has 0 radical (unpaired) electrons. The molecule has 1 atom stereocenters. The molecule has 5 nitrogen and oxygen atoms in total. The molecule has 0 aliphatic carbocycles. The molecule has 5 heteroatoms. The molecule has 0 unspecified atom stereocenters. The average Bonchev–Trinajstić information content (AvgIpc) is 2.95. The van der Waals surface area contributed by atoms with Crippen molar-refractivity contribution in [3.8, 4) is 11.8 Å². The minimum absolute atomic E-state index is 0.248. The zero-order chi connectivity index (χ0) is 19.1. The van der Waals surface area contributed by atoms with Gasteiger partial charge in [-0.15, -0.1) is 0 Å². The first kappa shape index (κ1) is 19.7. The van der Waals surface area contributed by atoms with Crippen LogP contribution in [-0.2, 0) is 4.79 Å². The Bertz CT molecular complexity index is 662. The van der Waals surface area contributed by atoms with Gasteiger partial charge in [0, 0.05) is 26.1 Å². The molecule has 0 aromatic heterocycles. The van der Waals surface area contributed by atoms with Crippen LogP contribution in [0.5, 0.6) is 5.75 Å². The van der Waals surface area contributed by atoms with Gasteiger partial charge in [-0.2, -0.15) is 5.26 Å². The standard InChI is InChI=1S/C22H31N3O2/c1-18(26)25-11-4-2-3-8-22(25)20-9-12-24(13-10-20)14-15-27-21-7-5-6-19(16-21)17-23/h5-7,16,20,22H,2-4,8-15H2,1H3/t22-/m1/s1. The number of carbonyl (C=O) groups excluding carboxylic acids is 1. The van der Waals surface area contributed by atoms with E-state index in [2.05, 4.69) is 15.9 Å². The summed E-state index contributed by atoms with van der Waals surface area (Å²) in [4.78, 5) is 16.7. The fourth-order valence-corrected chi connectivity index (χ4v) is 4.52. The lowest BCUT2D eigenvalue weighted by Crippen LogP contribution is -2.47. The van der Waals surface area contributed by atoms with Gasteiger partial charge >= 0.3 is 0 Å². The Morgan fingerprint density at radius 3 is 2.74 bits per heavy atom. The summed E-state index contributed by atoms with van der Waals surface area (Å²) < 4.78 is 5.81. The van der Waals surface area contributed by atoms with Crippen molar-refractivity contribution in [2.75, 3.05) is 32.8 Å². The molecular weight excluding hydrogens is 338 g/mol. The van der Waals surface area contributed by atoms with Gasteiger partial charge < -0.3 is 9.64 Å². The second-order valence-electron chi connectivity index (χ2n) is 7.80. The molecule has 0 bridgehead atoms. The van der Waals surface area contributed by atoms with E-state index in [4.69, 9.17) is 10.00 Å². The van der Waals surface area contributed by atoms with Crippen LogP contribution in [0.4, 0.5) is 0 Å². The van der Waals surface area contributed by atoms with Crippen molar-refractivity contribution in [3.05, 3.63) is 29.8 Å². The Balaban J connectivity index is 1.44. The summed E-state index contributed by atoms with van der Waals surface area (Å²) in [7, 11) is 0. The highest BCUT2D eigenvalue weighted by atomic mass is 16.5. The van der Waals surface area contributed by atoms with Gasteiger partial charge in [0.05, 0.1) is 11.6 Å². The van der Waals surface area contributed by atoms with E-state index in [1.54, 1.807) is 19.1 Å². The number of carbonyl (C=O) groups is 1. The number of nitriles is 1. The number of hydrogen-bond donors (Lipinski definition) is 0. The van der Waals surface area contributed by atoms with E-state index in [1.165, 1.54) is 32.1 Å². The molecule has 3 rings (SSSR count). The molecule has 2 heterocycles. The Morgan fingerprint density at radius 2 is 2.00 bits per heavy atom. The maximum Gasteiger partial charge on any atom is 0.219 e. The van der Waals surface area contributed by atoms with Crippen LogP contribution in [0.1, 0.15) is 51.0 Å². The number of nitrogens with zero attached hydrogens (tertiary/aromatic N) is 3. The second kappa shape index (κ2) is 9.75. The highest BCUT2D eigenvalue weighted by Crippen LogP contribution is 2.30. The van der Waals surface area contributed by atoms with Gasteiger partial charge in [0.25, 0.3) is 0 Å². The van der Waals surface area contributed by atoms with Crippen LogP contribution in [-0.4, -0.2) is 54.5 Å². The molecule has 146 valence electrons. The smallest absolute Gasteiger partial charge is 0.219 e. The lowest BCUT2D eigenvalue weighted by molar-refractivity contribution is -0.132. The maximum absolute atomic E-state index is 12.1. The summed E-state index contributed by atoms with van der Waals surface area (Å²) in [6.07, 6.45) is 7.16. The van der Waals surface area contributed by atoms with Crippen molar-refractivity contribution >= 4 is 5.91 Å². The highest BCUT2D eigenvalue weighted by Gasteiger charge is 2.32. The zero-order valence-corrected chi connectivity index (χ0v) is 16.4. The fraction of sp³-hybridized carbons (Fsp3) is 0.636. The molecule has 0 saturated carbocycles. The summed E-state index contributed by atoms with van der Waals surface area (Å²) >= 11 is 0. The number of rotatable bonds is 5. The Morgan fingerprint density at radius 1 is 1.19 bits per heavy atom. The third-order valence-electron chi connectivity index (χ3n) is 6.02. The van der Waals surface area contributed by atoms with Crippen LogP contribution in [0.15, 0.2) is 24.3 Å². The lowest BCUT2D eigenvalue weighted by Gasteiger charge is -2.40. The summed E-state index contributed by atoms with van der Waals surface area (Å²) in [6.45, 7) is 6.37. The van der Waals surface area contributed by atoms with Crippen molar-refractivity contribution in [1.29, 1.82) is 5.26 Å². The molecule has 0 N–H and O–H groups in total. The molecule has 1 aromatic rings. The number of hydrogen-bond acceptors (Lipinski definition) is 4. The first-order chi connectivity index (χ1) is 13.2. The Labute approximate surface area is 162 Å². The predicted octanol–water partition coefficient (Wildman–Crippen LogP) is 3.44. The molecule has 2 saturated heterocycles. The van der Waals surface area contributed by atoms with Gasteiger partial charge in [-0.3, -0.25) is 9.69 Å². The van der Waals surface area contributed by atoms with Crippen LogP contribution < -0.4 is 4.74 Å². The molecule has 0 spiro atoms.